The van der Waals surface area contributed by atoms with Crippen LogP contribution in [-0.2, 0) is 6.42 Å². The van der Waals surface area contributed by atoms with Crippen molar-refractivity contribution in [2.45, 2.75) is 37.0 Å². The summed E-state index contributed by atoms with van der Waals surface area (Å²) in [7, 11) is 0. The molecule has 1 saturated heterocycles. The van der Waals surface area contributed by atoms with E-state index in [1.165, 1.54) is 24.7 Å². The molecule has 1 aliphatic heterocycles. The van der Waals surface area contributed by atoms with E-state index in [1.54, 1.807) is 0 Å². The van der Waals surface area contributed by atoms with Crippen LogP contribution in [0, 0.1) is 5.82 Å². The van der Waals surface area contributed by atoms with Crippen LogP contribution in [0.2, 0.25) is 0 Å². The molecular weight excluding hydrogens is 315 g/mol. The topological polar surface area (TPSA) is 38.0 Å². The van der Waals surface area contributed by atoms with Crippen molar-refractivity contribution in [2.24, 2.45) is 5.84 Å². The quantitative estimate of drug-likeness (QED) is 0.656. The molecule has 1 fully saturated rings. The Morgan fingerprint density at radius 1 is 1.50 bits per heavy atom. The molecule has 1 aliphatic rings. The number of nitrogens with one attached hydrogen (secondary N) is 1. The van der Waals surface area contributed by atoms with E-state index in [4.69, 9.17) is 5.84 Å². The molecule has 0 saturated carbocycles. The van der Waals surface area contributed by atoms with E-state index < -0.39 is 0 Å². The smallest absolute Gasteiger partial charge is 0.127 e. The molecule has 3 N–H and O–H groups in total. The normalized spacial score (nSPS) is 21.8. The van der Waals surface area contributed by atoms with Gasteiger partial charge in [0.25, 0.3) is 0 Å². The maximum Gasteiger partial charge on any atom is 0.127 e. The second-order valence-electron chi connectivity index (χ2n) is 4.62. The second-order valence-corrected chi connectivity index (χ2v) is 6.88. The third kappa shape index (κ3) is 3.70. The number of rotatable bonds is 4. The van der Waals surface area contributed by atoms with Crippen LogP contribution in [0.5, 0.6) is 0 Å². The maximum absolute atomic E-state index is 13.8. The number of thioether (sulfide) groups is 1. The molecule has 18 heavy (non-hydrogen) atoms. The fourth-order valence-electron chi connectivity index (χ4n) is 2.30. The zero-order valence-electron chi connectivity index (χ0n) is 10.2. The van der Waals surface area contributed by atoms with Gasteiger partial charge in [0.15, 0.2) is 0 Å². The Labute approximate surface area is 120 Å². The minimum atomic E-state index is -0.162. The van der Waals surface area contributed by atoms with Crippen molar-refractivity contribution in [2.75, 3.05) is 5.75 Å². The van der Waals surface area contributed by atoms with Crippen molar-refractivity contribution < 1.29 is 4.39 Å². The van der Waals surface area contributed by atoms with E-state index in [-0.39, 0.29) is 11.9 Å². The lowest BCUT2D eigenvalue weighted by Crippen LogP contribution is -2.45. The summed E-state index contributed by atoms with van der Waals surface area (Å²) in [5, 5.41) is 0.492. The molecule has 1 heterocycles. The molecule has 1 aromatic carbocycles. The molecule has 100 valence electrons. The Kier molecular flexibility index (Phi) is 5.48. The molecule has 1 aromatic rings. The van der Waals surface area contributed by atoms with Gasteiger partial charge in [-0.05, 0) is 42.7 Å². The van der Waals surface area contributed by atoms with Gasteiger partial charge >= 0.3 is 0 Å². The molecule has 0 radical (unpaired) electrons. The van der Waals surface area contributed by atoms with Gasteiger partial charge in [0, 0.05) is 15.8 Å². The second kappa shape index (κ2) is 6.89. The first-order valence-electron chi connectivity index (χ1n) is 6.22. The monoisotopic (exact) mass is 332 g/mol. The molecule has 2 atom stereocenters. The van der Waals surface area contributed by atoms with Crippen LogP contribution in [0.4, 0.5) is 4.39 Å². The van der Waals surface area contributed by atoms with E-state index in [1.807, 2.05) is 23.9 Å². The van der Waals surface area contributed by atoms with E-state index in [2.05, 4.69) is 21.4 Å². The molecule has 2 unspecified atom stereocenters. The Morgan fingerprint density at radius 2 is 2.33 bits per heavy atom. The molecule has 2 nitrogen and oxygen atoms in total. The van der Waals surface area contributed by atoms with Crippen molar-refractivity contribution in [3.8, 4) is 0 Å². The van der Waals surface area contributed by atoms with Crippen LogP contribution in [0.15, 0.2) is 22.7 Å². The number of benzene rings is 1. The zero-order valence-corrected chi connectivity index (χ0v) is 12.6. The van der Waals surface area contributed by atoms with Gasteiger partial charge in [0.05, 0.1) is 0 Å². The summed E-state index contributed by atoms with van der Waals surface area (Å²) >= 11 is 5.22. The Morgan fingerprint density at radius 3 is 2.94 bits per heavy atom. The predicted octanol–water partition coefficient (Wildman–Crippen LogP) is 3.25. The summed E-state index contributed by atoms with van der Waals surface area (Å²) in [6.07, 6.45) is 4.34. The van der Waals surface area contributed by atoms with Crippen molar-refractivity contribution >= 4 is 27.7 Å². The molecule has 2 rings (SSSR count). The minimum Gasteiger partial charge on any atom is -0.271 e. The van der Waals surface area contributed by atoms with Crippen LogP contribution < -0.4 is 11.3 Å². The fourth-order valence-corrected chi connectivity index (χ4v) is 4.05. The number of hydrogen-bond donors (Lipinski definition) is 2. The summed E-state index contributed by atoms with van der Waals surface area (Å²) in [6, 6.07) is 5.36. The number of halogens is 2. The summed E-state index contributed by atoms with van der Waals surface area (Å²) in [4.78, 5) is 0. The Bertz CT molecular complexity index is 397. The summed E-state index contributed by atoms with van der Waals surface area (Å²) in [5.41, 5.74) is 3.59. The van der Waals surface area contributed by atoms with Crippen molar-refractivity contribution in [3.63, 3.8) is 0 Å². The van der Waals surface area contributed by atoms with Crippen molar-refractivity contribution in [1.29, 1.82) is 0 Å². The van der Waals surface area contributed by atoms with Gasteiger partial charge in [0.1, 0.15) is 5.82 Å². The third-order valence-electron chi connectivity index (χ3n) is 3.33. The molecule has 0 aromatic heterocycles. The first-order valence-corrected chi connectivity index (χ1v) is 8.06. The molecule has 0 bridgehead atoms. The summed E-state index contributed by atoms with van der Waals surface area (Å²) < 4.78 is 14.6. The molecule has 0 spiro atoms. The highest BCUT2D eigenvalue weighted by molar-refractivity contribution is 9.10. The van der Waals surface area contributed by atoms with Crippen molar-refractivity contribution in [1.82, 2.24) is 5.43 Å². The highest BCUT2D eigenvalue weighted by Crippen LogP contribution is 2.29. The van der Waals surface area contributed by atoms with Gasteiger partial charge in [-0.15, -0.1) is 0 Å². The SMILES string of the molecule is NNC(Cc1ccc(Br)cc1F)C1CCCCS1. The number of hydrazine groups is 1. The van der Waals surface area contributed by atoms with E-state index in [9.17, 15) is 4.39 Å². The van der Waals surface area contributed by atoms with Crippen LogP contribution >= 0.6 is 27.7 Å². The van der Waals surface area contributed by atoms with Crippen molar-refractivity contribution in [3.05, 3.63) is 34.1 Å². The lowest BCUT2D eigenvalue weighted by atomic mass is 10.00. The average Bonchev–Trinajstić information content (AvgIpc) is 2.39. The standard InChI is InChI=1S/C13H18BrFN2S/c14-10-5-4-9(11(15)8-10)7-12(17-16)13-3-1-2-6-18-13/h4-5,8,12-13,17H,1-3,6-7,16H2. The van der Waals surface area contributed by atoms with Crippen LogP contribution in [0.25, 0.3) is 0 Å². The van der Waals surface area contributed by atoms with E-state index >= 15 is 0 Å². The first kappa shape index (κ1) is 14.3. The minimum absolute atomic E-state index is 0.144. The predicted molar refractivity (Wildman–Crippen MR) is 79.0 cm³/mol. The molecule has 0 aliphatic carbocycles. The largest absolute Gasteiger partial charge is 0.271 e. The lowest BCUT2D eigenvalue weighted by Gasteiger charge is -2.29. The van der Waals surface area contributed by atoms with Crippen LogP contribution in [-0.4, -0.2) is 17.0 Å². The van der Waals surface area contributed by atoms with Crippen LogP contribution in [0.1, 0.15) is 24.8 Å². The van der Waals surface area contributed by atoms with Gasteiger partial charge < -0.3 is 0 Å². The average molecular weight is 333 g/mol. The maximum atomic E-state index is 13.8. The zero-order chi connectivity index (χ0) is 13.0. The Balaban J connectivity index is 2.04. The van der Waals surface area contributed by atoms with Gasteiger partial charge in [-0.2, -0.15) is 11.8 Å². The van der Waals surface area contributed by atoms with Gasteiger partial charge in [-0.1, -0.05) is 28.4 Å². The number of hydrogen-bond acceptors (Lipinski definition) is 3. The van der Waals surface area contributed by atoms with E-state index in [0.717, 1.165) is 16.5 Å². The van der Waals surface area contributed by atoms with Gasteiger partial charge in [-0.3, -0.25) is 11.3 Å². The third-order valence-corrected chi connectivity index (χ3v) is 5.34. The van der Waals surface area contributed by atoms with Gasteiger partial charge in [0.2, 0.25) is 0 Å². The molecule has 0 amide bonds. The first-order chi connectivity index (χ1) is 8.70. The van der Waals surface area contributed by atoms with Gasteiger partial charge in [-0.25, -0.2) is 4.39 Å². The lowest BCUT2D eigenvalue weighted by molar-refractivity contribution is 0.463. The molecular formula is C13H18BrFN2S. The van der Waals surface area contributed by atoms with E-state index in [0.29, 0.717) is 11.7 Å². The van der Waals surface area contributed by atoms with Crippen LogP contribution in [0.3, 0.4) is 0 Å². The Hall–Kier alpha value is -0.100. The summed E-state index contributed by atoms with van der Waals surface area (Å²) in [6.45, 7) is 0. The number of nitrogens with two attached hydrogens (primary N) is 1. The summed E-state index contributed by atoms with van der Waals surface area (Å²) in [5.74, 6) is 6.66. The fraction of sp³-hybridized carbons (Fsp3) is 0.538. The highest BCUT2D eigenvalue weighted by Gasteiger charge is 2.24. The molecule has 5 heteroatoms. The highest BCUT2D eigenvalue weighted by atomic mass is 79.9.